The lowest BCUT2D eigenvalue weighted by molar-refractivity contribution is 0.0751. The van der Waals surface area contributed by atoms with E-state index < -0.39 is 0 Å². The highest BCUT2D eigenvalue weighted by molar-refractivity contribution is 9.11. The van der Waals surface area contributed by atoms with Gasteiger partial charge < -0.3 is 9.80 Å². The fourth-order valence-electron chi connectivity index (χ4n) is 2.84. The minimum atomic E-state index is 0.130. The zero-order valence-corrected chi connectivity index (χ0v) is 16.4. The van der Waals surface area contributed by atoms with Crippen LogP contribution in [0.4, 0.5) is 5.13 Å². The van der Waals surface area contributed by atoms with Gasteiger partial charge in [0.25, 0.3) is 5.91 Å². The maximum Gasteiger partial charge on any atom is 0.264 e. The Balaban J connectivity index is 1.46. The third-order valence-electron chi connectivity index (χ3n) is 4.15. The summed E-state index contributed by atoms with van der Waals surface area (Å²) in [5, 5.41) is 1.06. The molecule has 4 nitrogen and oxygen atoms in total. The van der Waals surface area contributed by atoms with Crippen LogP contribution in [0.25, 0.3) is 10.2 Å². The van der Waals surface area contributed by atoms with Crippen LogP contribution in [-0.2, 0) is 0 Å². The predicted octanol–water partition coefficient (Wildman–Crippen LogP) is 4.39. The number of piperazine rings is 1. The van der Waals surface area contributed by atoms with E-state index in [0.29, 0.717) is 0 Å². The molecule has 1 aromatic carbocycles. The van der Waals surface area contributed by atoms with Gasteiger partial charge in [-0.2, -0.15) is 0 Å². The van der Waals surface area contributed by atoms with Crippen molar-refractivity contribution >= 4 is 59.9 Å². The van der Waals surface area contributed by atoms with Crippen molar-refractivity contribution in [3.63, 3.8) is 0 Å². The largest absolute Gasteiger partial charge is 0.345 e. The molecule has 7 heteroatoms. The number of rotatable bonds is 2. The van der Waals surface area contributed by atoms with Gasteiger partial charge in [0.05, 0.1) is 18.9 Å². The molecule has 4 rings (SSSR count). The Labute approximate surface area is 156 Å². The van der Waals surface area contributed by atoms with Crippen molar-refractivity contribution < 1.29 is 4.79 Å². The molecular weight excluding hydrogens is 406 g/mol. The predicted molar refractivity (Wildman–Crippen MR) is 104 cm³/mol. The molecule has 0 bridgehead atoms. The zero-order valence-electron chi connectivity index (χ0n) is 13.2. The smallest absolute Gasteiger partial charge is 0.264 e. The van der Waals surface area contributed by atoms with Gasteiger partial charge in [0.1, 0.15) is 0 Å². The summed E-state index contributed by atoms with van der Waals surface area (Å²) >= 11 is 6.65. The number of halogens is 1. The molecule has 0 unspecified atom stereocenters. The van der Waals surface area contributed by atoms with Crippen molar-refractivity contribution in [2.24, 2.45) is 0 Å². The molecule has 1 fully saturated rings. The molecule has 3 aromatic rings. The highest BCUT2D eigenvalue weighted by Gasteiger charge is 2.24. The minimum absolute atomic E-state index is 0.130. The molecule has 0 atom stereocenters. The van der Waals surface area contributed by atoms with Crippen LogP contribution in [0, 0.1) is 6.92 Å². The van der Waals surface area contributed by atoms with Crippen LogP contribution in [0.1, 0.15) is 15.2 Å². The van der Waals surface area contributed by atoms with Crippen molar-refractivity contribution in [3.8, 4) is 0 Å². The maximum absolute atomic E-state index is 12.5. The van der Waals surface area contributed by atoms with Gasteiger partial charge in [0.15, 0.2) is 5.13 Å². The van der Waals surface area contributed by atoms with Gasteiger partial charge in [-0.3, -0.25) is 4.79 Å². The summed E-state index contributed by atoms with van der Waals surface area (Å²) in [5.41, 5.74) is 2.32. The molecule has 24 heavy (non-hydrogen) atoms. The maximum atomic E-state index is 12.5. The van der Waals surface area contributed by atoms with Gasteiger partial charge in [0.2, 0.25) is 0 Å². The van der Waals surface area contributed by atoms with E-state index in [0.717, 1.165) is 45.5 Å². The first-order valence-corrected chi connectivity index (χ1v) is 10.2. The summed E-state index contributed by atoms with van der Waals surface area (Å²) in [6.45, 7) is 5.24. The Morgan fingerprint density at radius 2 is 1.92 bits per heavy atom. The number of hydrogen-bond acceptors (Lipinski definition) is 5. The second-order valence-corrected chi connectivity index (χ2v) is 9.32. The minimum Gasteiger partial charge on any atom is -0.345 e. The number of anilines is 1. The van der Waals surface area contributed by atoms with Crippen LogP contribution in [0.15, 0.2) is 34.1 Å². The Bertz CT molecular complexity index is 896. The Morgan fingerprint density at radius 1 is 1.12 bits per heavy atom. The second kappa shape index (κ2) is 6.46. The lowest BCUT2D eigenvalue weighted by atomic mass is 10.2. The van der Waals surface area contributed by atoms with Gasteiger partial charge in [-0.15, -0.1) is 11.3 Å². The number of thiophene rings is 1. The lowest BCUT2D eigenvalue weighted by Crippen LogP contribution is -2.48. The van der Waals surface area contributed by atoms with E-state index in [1.807, 2.05) is 17.0 Å². The van der Waals surface area contributed by atoms with Crippen molar-refractivity contribution in [1.29, 1.82) is 0 Å². The molecular formula is C17H16BrN3OS2. The normalized spacial score (nSPS) is 15.2. The van der Waals surface area contributed by atoms with Crippen molar-refractivity contribution in [2.75, 3.05) is 31.1 Å². The van der Waals surface area contributed by atoms with Gasteiger partial charge in [-0.1, -0.05) is 17.4 Å². The summed E-state index contributed by atoms with van der Waals surface area (Å²) in [6, 6.07) is 10.2. The molecule has 124 valence electrons. The van der Waals surface area contributed by atoms with Crippen LogP contribution in [0.5, 0.6) is 0 Å². The fourth-order valence-corrected chi connectivity index (χ4v) is 5.31. The Hall–Kier alpha value is -1.44. The van der Waals surface area contributed by atoms with E-state index in [2.05, 4.69) is 46.0 Å². The molecule has 1 saturated heterocycles. The van der Waals surface area contributed by atoms with E-state index in [1.165, 1.54) is 21.6 Å². The van der Waals surface area contributed by atoms with Crippen LogP contribution >= 0.6 is 38.6 Å². The number of amides is 1. The highest BCUT2D eigenvalue weighted by atomic mass is 79.9. The monoisotopic (exact) mass is 421 g/mol. The van der Waals surface area contributed by atoms with Crippen LogP contribution < -0.4 is 4.90 Å². The Kier molecular flexibility index (Phi) is 4.32. The van der Waals surface area contributed by atoms with E-state index in [-0.39, 0.29) is 5.91 Å². The van der Waals surface area contributed by atoms with Gasteiger partial charge in [-0.05, 0) is 52.7 Å². The number of aromatic nitrogens is 1. The molecule has 0 spiro atoms. The van der Waals surface area contributed by atoms with E-state index in [1.54, 1.807) is 11.3 Å². The van der Waals surface area contributed by atoms with Crippen LogP contribution in [-0.4, -0.2) is 42.0 Å². The van der Waals surface area contributed by atoms with Gasteiger partial charge >= 0.3 is 0 Å². The van der Waals surface area contributed by atoms with Gasteiger partial charge in [-0.25, -0.2) is 4.98 Å². The van der Waals surface area contributed by atoms with Crippen molar-refractivity contribution in [3.05, 3.63) is 44.6 Å². The summed E-state index contributed by atoms with van der Waals surface area (Å²) in [6.07, 6.45) is 0. The summed E-state index contributed by atoms with van der Waals surface area (Å²) in [4.78, 5) is 22.3. The SMILES string of the molecule is Cc1ccc2nc(N3CCN(C(=O)c4ccc(Br)s4)CC3)sc2c1. The number of fused-ring (bicyclic) bond motifs is 1. The third kappa shape index (κ3) is 3.08. The molecule has 3 heterocycles. The van der Waals surface area contributed by atoms with Crippen molar-refractivity contribution in [1.82, 2.24) is 9.88 Å². The number of benzene rings is 1. The first kappa shape index (κ1) is 16.1. The third-order valence-corrected chi connectivity index (χ3v) is 6.84. The summed E-state index contributed by atoms with van der Waals surface area (Å²) in [5.74, 6) is 0.130. The lowest BCUT2D eigenvalue weighted by Gasteiger charge is -2.34. The fraction of sp³-hybridized carbons (Fsp3) is 0.294. The zero-order chi connectivity index (χ0) is 16.7. The van der Waals surface area contributed by atoms with Crippen LogP contribution in [0.3, 0.4) is 0 Å². The average Bonchev–Trinajstić information content (AvgIpc) is 3.20. The molecule has 1 amide bonds. The molecule has 0 saturated carbocycles. The Morgan fingerprint density at radius 3 is 2.62 bits per heavy atom. The topological polar surface area (TPSA) is 36.4 Å². The van der Waals surface area contributed by atoms with Gasteiger partial charge in [0, 0.05) is 26.2 Å². The quantitative estimate of drug-likeness (QED) is 0.615. The number of thiazole rings is 1. The molecule has 0 aliphatic carbocycles. The van der Waals surface area contributed by atoms with E-state index >= 15 is 0 Å². The first-order chi connectivity index (χ1) is 11.6. The number of aryl methyl sites for hydroxylation is 1. The average molecular weight is 422 g/mol. The first-order valence-electron chi connectivity index (χ1n) is 7.77. The number of carbonyl (C=O) groups is 1. The molecule has 2 aromatic heterocycles. The standard InChI is InChI=1S/C17H16BrN3OS2/c1-11-2-3-12-14(10-11)24-17(19-12)21-8-6-20(7-9-21)16(22)13-4-5-15(18)23-13/h2-5,10H,6-9H2,1H3. The highest BCUT2D eigenvalue weighted by Crippen LogP contribution is 2.30. The summed E-state index contributed by atoms with van der Waals surface area (Å²) < 4.78 is 2.22. The van der Waals surface area contributed by atoms with E-state index in [9.17, 15) is 4.79 Å². The molecule has 0 N–H and O–H groups in total. The summed E-state index contributed by atoms with van der Waals surface area (Å²) in [7, 11) is 0. The molecule has 1 aliphatic rings. The van der Waals surface area contributed by atoms with Crippen molar-refractivity contribution in [2.45, 2.75) is 6.92 Å². The number of hydrogen-bond donors (Lipinski definition) is 0. The van der Waals surface area contributed by atoms with Crippen LogP contribution in [0.2, 0.25) is 0 Å². The number of nitrogens with zero attached hydrogens (tertiary/aromatic N) is 3. The second-order valence-electron chi connectivity index (χ2n) is 5.85. The molecule has 1 aliphatic heterocycles. The molecule has 0 radical (unpaired) electrons. The number of carbonyl (C=O) groups excluding carboxylic acids is 1. The van der Waals surface area contributed by atoms with E-state index in [4.69, 9.17) is 4.98 Å².